The van der Waals surface area contributed by atoms with Crippen LogP contribution in [0.1, 0.15) is 82.8 Å². The molecule has 1 aromatic heterocycles. The molecule has 1 saturated carbocycles. The first kappa shape index (κ1) is 23.3. The van der Waals surface area contributed by atoms with E-state index in [1.807, 2.05) is 18.2 Å². The van der Waals surface area contributed by atoms with Crippen LogP contribution in [-0.4, -0.2) is 35.0 Å². The minimum atomic E-state index is -0.570. The van der Waals surface area contributed by atoms with Crippen molar-refractivity contribution >= 4 is 23.2 Å². The molecule has 2 N–H and O–H groups in total. The summed E-state index contributed by atoms with van der Waals surface area (Å²) in [5, 5.41) is 10.4. The molecule has 0 bridgehead atoms. The van der Waals surface area contributed by atoms with Gasteiger partial charge in [0.2, 0.25) is 17.7 Å². The number of aromatic nitrogens is 2. The third-order valence-corrected chi connectivity index (χ3v) is 6.71. The highest BCUT2D eigenvalue weighted by Gasteiger charge is 2.38. The fourth-order valence-electron chi connectivity index (χ4n) is 5.05. The van der Waals surface area contributed by atoms with E-state index >= 15 is 0 Å². The van der Waals surface area contributed by atoms with E-state index < -0.39 is 5.54 Å². The van der Waals surface area contributed by atoms with Crippen LogP contribution in [0.25, 0.3) is 0 Å². The summed E-state index contributed by atoms with van der Waals surface area (Å²) in [6.45, 7) is 3.57. The summed E-state index contributed by atoms with van der Waals surface area (Å²) >= 11 is 0. The van der Waals surface area contributed by atoms with Gasteiger partial charge in [0.05, 0.1) is 11.4 Å². The first-order valence-electron chi connectivity index (χ1n) is 12.3. The molecule has 4 rings (SSSR count). The van der Waals surface area contributed by atoms with Crippen molar-refractivity contribution in [3.05, 3.63) is 36.0 Å². The maximum Gasteiger partial charge on any atom is 0.227 e. The molecule has 0 spiro atoms. The zero-order valence-electron chi connectivity index (χ0n) is 19.6. The van der Waals surface area contributed by atoms with Gasteiger partial charge in [-0.2, -0.15) is 4.98 Å². The lowest BCUT2D eigenvalue weighted by atomic mass is 9.89. The molecule has 8 heteroatoms. The average molecular weight is 454 g/mol. The molecule has 1 saturated heterocycles. The summed E-state index contributed by atoms with van der Waals surface area (Å²) in [4.78, 5) is 31.5. The van der Waals surface area contributed by atoms with E-state index in [1.54, 1.807) is 0 Å². The number of benzene rings is 1. The molecule has 2 heterocycles. The molecule has 1 aliphatic carbocycles. The summed E-state index contributed by atoms with van der Waals surface area (Å²) < 4.78 is 5.48. The first-order chi connectivity index (χ1) is 16.1. The predicted molar refractivity (Wildman–Crippen MR) is 127 cm³/mol. The molecular formula is C25H35N5O3. The second-order valence-corrected chi connectivity index (χ2v) is 9.30. The Morgan fingerprint density at radius 3 is 2.45 bits per heavy atom. The van der Waals surface area contributed by atoms with E-state index in [-0.39, 0.29) is 18.2 Å². The van der Waals surface area contributed by atoms with Crippen molar-refractivity contribution in [2.75, 3.05) is 23.3 Å². The quantitative estimate of drug-likeness (QED) is 0.606. The van der Waals surface area contributed by atoms with Crippen LogP contribution in [0.15, 0.2) is 28.8 Å². The summed E-state index contributed by atoms with van der Waals surface area (Å²) in [5.74, 6) is 0.796. The van der Waals surface area contributed by atoms with Crippen LogP contribution in [0.5, 0.6) is 0 Å². The lowest BCUT2D eigenvalue weighted by Crippen LogP contribution is -2.45. The van der Waals surface area contributed by atoms with Gasteiger partial charge in [-0.15, -0.1) is 0 Å². The molecule has 8 nitrogen and oxygen atoms in total. The van der Waals surface area contributed by atoms with Gasteiger partial charge >= 0.3 is 0 Å². The molecule has 2 amide bonds. The number of carbonyl (C=O) groups is 2. The van der Waals surface area contributed by atoms with Gasteiger partial charge in [-0.3, -0.25) is 9.59 Å². The van der Waals surface area contributed by atoms with Gasteiger partial charge in [-0.1, -0.05) is 43.0 Å². The highest BCUT2D eigenvalue weighted by atomic mass is 16.5. The van der Waals surface area contributed by atoms with E-state index in [0.29, 0.717) is 18.1 Å². The van der Waals surface area contributed by atoms with E-state index in [9.17, 15) is 9.59 Å². The molecule has 0 radical (unpaired) electrons. The summed E-state index contributed by atoms with van der Waals surface area (Å²) in [6.07, 6.45) is 10.2. The van der Waals surface area contributed by atoms with Gasteiger partial charge in [0.25, 0.3) is 0 Å². The van der Waals surface area contributed by atoms with Gasteiger partial charge in [-0.25, -0.2) is 0 Å². The molecule has 33 heavy (non-hydrogen) atoms. The van der Waals surface area contributed by atoms with Crippen LogP contribution in [0, 0.1) is 0 Å². The number of hydrogen-bond donors (Lipinski definition) is 2. The average Bonchev–Trinajstić information content (AvgIpc) is 3.18. The Morgan fingerprint density at radius 2 is 1.73 bits per heavy atom. The van der Waals surface area contributed by atoms with E-state index in [0.717, 1.165) is 63.0 Å². The van der Waals surface area contributed by atoms with Crippen LogP contribution < -0.4 is 15.5 Å². The topological polar surface area (TPSA) is 100 Å². The molecule has 2 aromatic rings. The van der Waals surface area contributed by atoms with Crippen LogP contribution in [0.2, 0.25) is 0 Å². The molecular weight excluding hydrogens is 418 g/mol. The molecule has 178 valence electrons. The van der Waals surface area contributed by atoms with Crippen molar-refractivity contribution in [1.29, 1.82) is 0 Å². The van der Waals surface area contributed by atoms with Crippen LogP contribution in [-0.2, 0) is 21.5 Å². The number of nitrogens with zero attached hydrogens (tertiary/aromatic N) is 3. The number of carbonyl (C=O) groups excluding carboxylic acids is 2. The second kappa shape index (κ2) is 10.8. The SMILES string of the molecule is CC(=O)NC1(c2noc(CCC(=O)Nc3ccccc3N3CCCCC3)n2)CCCCCC1. The molecule has 0 atom stereocenters. The molecule has 1 aromatic carbocycles. The van der Waals surface area contributed by atoms with E-state index in [4.69, 9.17) is 4.52 Å². The van der Waals surface area contributed by atoms with Gasteiger partial charge in [0.15, 0.2) is 5.82 Å². The minimum Gasteiger partial charge on any atom is -0.370 e. The third kappa shape index (κ3) is 5.92. The predicted octanol–water partition coefficient (Wildman–Crippen LogP) is 4.32. The van der Waals surface area contributed by atoms with Crippen molar-refractivity contribution in [3.63, 3.8) is 0 Å². The number of nitrogens with one attached hydrogen (secondary N) is 2. The van der Waals surface area contributed by atoms with Crippen molar-refractivity contribution in [3.8, 4) is 0 Å². The number of rotatable bonds is 7. The van der Waals surface area contributed by atoms with Gasteiger partial charge in [0, 0.05) is 32.9 Å². The highest BCUT2D eigenvalue weighted by molar-refractivity contribution is 5.94. The maximum atomic E-state index is 12.7. The van der Waals surface area contributed by atoms with Crippen molar-refractivity contribution in [2.45, 2.75) is 83.1 Å². The molecule has 1 aliphatic heterocycles. The number of piperidine rings is 1. The monoisotopic (exact) mass is 453 g/mol. The third-order valence-electron chi connectivity index (χ3n) is 6.71. The summed E-state index contributed by atoms with van der Waals surface area (Å²) in [5.41, 5.74) is 1.36. The molecule has 0 unspecified atom stereocenters. The zero-order chi connectivity index (χ0) is 23.1. The number of hydrogen-bond acceptors (Lipinski definition) is 6. The smallest absolute Gasteiger partial charge is 0.227 e. The van der Waals surface area contributed by atoms with Gasteiger partial charge in [0.1, 0.15) is 5.54 Å². The Morgan fingerprint density at radius 1 is 1.03 bits per heavy atom. The summed E-state index contributed by atoms with van der Waals surface area (Å²) in [6, 6.07) is 7.98. The van der Waals surface area contributed by atoms with Crippen molar-refractivity contribution in [2.24, 2.45) is 0 Å². The van der Waals surface area contributed by atoms with Gasteiger partial charge < -0.3 is 20.1 Å². The zero-order valence-corrected chi connectivity index (χ0v) is 19.6. The Kier molecular flexibility index (Phi) is 7.62. The fourth-order valence-corrected chi connectivity index (χ4v) is 5.05. The lowest BCUT2D eigenvalue weighted by Gasteiger charge is -2.30. The van der Waals surface area contributed by atoms with Crippen LogP contribution in [0.3, 0.4) is 0 Å². The minimum absolute atomic E-state index is 0.0785. The molecule has 2 fully saturated rings. The largest absolute Gasteiger partial charge is 0.370 e. The van der Waals surface area contributed by atoms with Crippen molar-refractivity contribution in [1.82, 2.24) is 15.5 Å². The van der Waals surface area contributed by atoms with Gasteiger partial charge in [-0.05, 0) is 44.2 Å². The standard InChI is InChI=1S/C25H35N5O3/c1-19(31)28-25(15-7-2-3-8-16-25)24-27-23(33-29-24)14-13-22(32)26-20-11-5-6-12-21(20)30-17-9-4-10-18-30/h5-6,11-12H,2-4,7-10,13-18H2,1H3,(H,26,32)(H,28,31). The Labute approximate surface area is 195 Å². The van der Waals surface area contributed by atoms with Crippen molar-refractivity contribution < 1.29 is 14.1 Å². The number of amides is 2. The van der Waals surface area contributed by atoms with E-state index in [1.165, 1.54) is 26.2 Å². The number of anilines is 2. The highest BCUT2D eigenvalue weighted by Crippen LogP contribution is 2.35. The second-order valence-electron chi connectivity index (χ2n) is 9.30. The lowest BCUT2D eigenvalue weighted by molar-refractivity contribution is -0.121. The first-order valence-corrected chi connectivity index (χ1v) is 12.3. The Balaban J connectivity index is 1.38. The van der Waals surface area contributed by atoms with E-state index in [2.05, 4.69) is 31.7 Å². The number of para-hydroxylation sites is 2. The Hall–Kier alpha value is -2.90. The summed E-state index contributed by atoms with van der Waals surface area (Å²) in [7, 11) is 0. The fraction of sp³-hybridized carbons (Fsp3) is 0.600. The normalized spacial score (nSPS) is 18.4. The maximum absolute atomic E-state index is 12.7. The van der Waals surface area contributed by atoms with Crippen LogP contribution in [0.4, 0.5) is 11.4 Å². The Bertz CT molecular complexity index is 943. The molecule has 2 aliphatic rings. The van der Waals surface area contributed by atoms with Crippen LogP contribution >= 0.6 is 0 Å². The number of aryl methyl sites for hydroxylation is 1.